The normalized spacial score (nSPS) is 17.5. The van der Waals surface area contributed by atoms with E-state index >= 15 is 0 Å². The number of nitrogens with one attached hydrogen (secondary N) is 1. The predicted octanol–water partition coefficient (Wildman–Crippen LogP) is 3.00. The minimum atomic E-state index is -1.10. The lowest BCUT2D eigenvalue weighted by Gasteiger charge is -2.26. The van der Waals surface area contributed by atoms with Gasteiger partial charge in [-0.2, -0.15) is 0 Å². The molecule has 0 spiro atoms. The fourth-order valence-electron chi connectivity index (χ4n) is 2.87. The summed E-state index contributed by atoms with van der Waals surface area (Å²) in [7, 11) is -1.10. The van der Waals surface area contributed by atoms with Gasteiger partial charge >= 0.3 is 0 Å². The Hall–Kier alpha value is -2.14. The van der Waals surface area contributed by atoms with Gasteiger partial charge in [-0.15, -0.1) is 0 Å². The molecular weight excluding hydrogens is 322 g/mol. The van der Waals surface area contributed by atoms with Crippen LogP contribution in [0.5, 0.6) is 5.75 Å². The summed E-state index contributed by atoms with van der Waals surface area (Å²) in [6, 6.07) is 15.6. The molecule has 0 saturated carbocycles. The Bertz CT molecular complexity index is 746. The zero-order valence-electron chi connectivity index (χ0n) is 13.7. The molecule has 0 saturated heterocycles. The molecule has 0 bridgehead atoms. The van der Waals surface area contributed by atoms with E-state index in [2.05, 4.69) is 5.32 Å². The molecule has 2 aromatic carbocycles. The summed E-state index contributed by atoms with van der Waals surface area (Å²) in [5.74, 6) is 1.49. The smallest absolute Gasteiger partial charge is 0.216 e. The molecule has 3 rings (SSSR count). The van der Waals surface area contributed by atoms with Gasteiger partial charge in [-0.25, -0.2) is 0 Å². The maximum absolute atomic E-state index is 12.7. The molecule has 1 aliphatic heterocycles. The summed E-state index contributed by atoms with van der Waals surface area (Å²) >= 11 is 0. The van der Waals surface area contributed by atoms with Crippen molar-refractivity contribution < 1.29 is 13.7 Å². The van der Waals surface area contributed by atoms with Gasteiger partial charge < -0.3 is 10.1 Å². The number of hydrogen-bond acceptors (Lipinski definition) is 3. The van der Waals surface area contributed by atoms with E-state index in [1.165, 1.54) is 6.92 Å². The number of carbonyl (C=O) groups is 1. The standard InChI is InChI=1S/C19H21NO3S/c1-14(21)20-12-16-9-10-23-19-8-7-17(11-18(16)19)24(22)13-15-5-3-2-4-6-15/h2-8,11,16H,9-10,12-13H2,1H3,(H,20,21). The van der Waals surface area contributed by atoms with Gasteiger partial charge in [0.15, 0.2) is 0 Å². The first kappa shape index (κ1) is 16.7. The minimum Gasteiger partial charge on any atom is -0.493 e. The topological polar surface area (TPSA) is 55.4 Å². The number of benzene rings is 2. The average molecular weight is 343 g/mol. The second-order valence-corrected chi connectivity index (χ2v) is 7.40. The van der Waals surface area contributed by atoms with Crippen LogP contribution in [-0.2, 0) is 21.3 Å². The Morgan fingerprint density at radius 3 is 2.79 bits per heavy atom. The zero-order valence-corrected chi connectivity index (χ0v) is 14.5. The Kier molecular flexibility index (Phi) is 5.30. The molecule has 0 radical (unpaired) electrons. The summed E-state index contributed by atoms with van der Waals surface area (Å²) in [4.78, 5) is 12.0. The molecule has 1 aliphatic rings. The summed E-state index contributed by atoms with van der Waals surface area (Å²) in [6.45, 7) is 2.75. The highest BCUT2D eigenvalue weighted by Crippen LogP contribution is 2.35. The molecule has 1 amide bonds. The summed E-state index contributed by atoms with van der Waals surface area (Å²) in [5.41, 5.74) is 2.09. The van der Waals surface area contributed by atoms with E-state index in [0.717, 1.165) is 28.2 Å². The molecule has 1 N–H and O–H groups in total. The second kappa shape index (κ2) is 7.62. The van der Waals surface area contributed by atoms with Crippen LogP contribution in [0.3, 0.4) is 0 Å². The molecule has 4 nitrogen and oxygen atoms in total. The molecule has 2 unspecified atom stereocenters. The lowest BCUT2D eigenvalue weighted by atomic mass is 9.93. The SMILES string of the molecule is CC(=O)NCC1CCOc2ccc(S(=O)Cc3ccccc3)cc21. The van der Waals surface area contributed by atoms with Crippen LogP contribution in [0.15, 0.2) is 53.4 Å². The number of hydrogen-bond donors (Lipinski definition) is 1. The first-order chi connectivity index (χ1) is 11.6. The van der Waals surface area contributed by atoms with Crippen LogP contribution in [0.1, 0.15) is 30.4 Å². The third kappa shape index (κ3) is 4.03. The molecule has 5 heteroatoms. The molecule has 2 aromatic rings. The van der Waals surface area contributed by atoms with Crippen LogP contribution in [0, 0.1) is 0 Å². The number of amides is 1. The molecule has 2 atom stereocenters. The minimum absolute atomic E-state index is 0.0353. The van der Waals surface area contributed by atoms with Crippen molar-refractivity contribution in [2.45, 2.75) is 29.9 Å². The Labute approximate surface area is 144 Å². The largest absolute Gasteiger partial charge is 0.493 e. The van der Waals surface area contributed by atoms with Crippen molar-refractivity contribution in [1.29, 1.82) is 0 Å². The van der Waals surface area contributed by atoms with Crippen molar-refractivity contribution in [3.8, 4) is 5.75 Å². The van der Waals surface area contributed by atoms with Crippen molar-refractivity contribution >= 4 is 16.7 Å². The zero-order chi connectivity index (χ0) is 16.9. The van der Waals surface area contributed by atoms with Gasteiger partial charge in [0.25, 0.3) is 0 Å². The number of carbonyl (C=O) groups excluding carboxylic acids is 1. The van der Waals surface area contributed by atoms with E-state index in [1.807, 2.05) is 48.5 Å². The summed E-state index contributed by atoms with van der Waals surface area (Å²) in [5, 5.41) is 2.87. The van der Waals surface area contributed by atoms with Crippen molar-refractivity contribution in [2.24, 2.45) is 0 Å². The monoisotopic (exact) mass is 343 g/mol. The van der Waals surface area contributed by atoms with Crippen LogP contribution in [-0.4, -0.2) is 23.3 Å². The van der Waals surface area contributed by atoms with Crippen molar-refractivity contribution in [2.75, 3.05) is 13.2 Å². The molecule has 0 aliphatic carbocycles. The predicted molar refractivity (Wildman–Crippen MR) is 94.5 cm³/mol. The molecule has 0 aromatic heterocycles. The van der Waals surface area contributed by atoms with E-state index in [9.17, 15) is 9.00 Å². The fourth-order valence-corrected chi connectivity index (χ4v) is 4.01. The van der Waals surface area contributed by atoms with Crippen LogP contribution in [0.25, 0.3) is 0 Å². The van der Waals surface area contributed by atoms with E-state index in [0.29, 0.717) is 18.9 Å². The van der Waals surface area contributed by atoms with Crippen molar-refractivity contribution in [3.05, 3.63) is 59.7 Å². The Balaban J connectivity index is 1.79. The van der Waals surface area contributed by atoms with Gasteiger partial charge in [0.1, 0.15) is 5.75 Å². The van der Waals surface area contributed by atoms with E-state index < -0.39 is 10.8 Å². The lowest BCUT2D eigenvalue weighted by molar-refractivity contribution is -0.119. The highest BCUT2D eigenvalue weighted by atomic mass is 32.2. The first-order valence-corrected chi connectivity index (χ1v) is 9.39. The van der Waals surface area contributed by atoms with Gasteiger partial charge in [0.2, 0.25) is 5.91 Å². The van der Waals surface area contributed by atoms with Crippen LogP contribution < -0.4 is 10.1 Å². The van der Waals surface area contributed by atoms with Gasteiger partial charge in [-0.05, 0) is 30.2 Å². The van der Waals surface area contributed by atoms with E-state index in [4.69, 9.17) is 4.74 Å². The van der Waals surface area contributed by atoms with Crippen molar-refractivity contribution in [3.63, 3.8) is 0 Å². The van der Waals surface area contributed by atoms with Gasteiger partial charge in [-0.3, -0.25) is 9.00 Å². The van der Waals surface area contributed by atoms with E-state index in [-0.39, 0.29) is 11.8 Å². The second-order valence-electron chi connectivity index (χ2n) is 5.95. The molecule has 24 heavy (non-hydrogen) atoms. The fraction of sp³-hybridized carbons (Fsp3) is 0.316. The number of fused-ring (bicyclic) bond motifs is 1. The molecular formula is C19H21NO3S. The Morgan fingerprint density at radius 1 is 1.25 bits per heavy atom. The Morgan fingerprint density at radius 2 is 2.04 bits per heavy atom. The third-order valence-electron chi connectivity index (χ3n) is 4.15. The van der Waals surface area contributed by atoms with Gasteiger partial charge in [-0.1, -0.05) is 30.3 Å². The highest BCUT2D eigenvalue weighted by molar-refractivity contribution is 7.84. The summed E-state index contributed by atoms with van der Waals surface area (Å²) in [6.07, 6.45) is 0.849. The molecule has 0 fully saturated rings. The first-order valence-electron chi connectivity index (χ1n) is 8.07. The number of ether oxygens (including phenoxy) is 1. The maximum Gasteiger partial charge on any atom is 0.216 e. The quantitative estimate of drug-likeness (QED) is 0.908. The maximum atomic E-state index is 12.7. The molecule has 126 valence electrons. The van der Waals surface area contributed by atoms with E-state index in [1.54, 1.807) is 0 Å². The van der Waals surface area contributed by atoms with Crippen molar-refractivity contribution in [1.82, 2.24) is 5.32 Å². The summed E-state index contributed by atoms with van der Waals surface area (Å²) < 4.78 is 18.4. The lowest BCUT2D eigenvalue weighted by Crippen LogP contribution is -2.29. The average Bonchev–Trinajstić information content (AvgIpc) is 2.60. The number of rotatable bonds is 5. The highest BCUT2D eigenvalue weighted by Gasteiger charge is 2.23. The van der Waals surface area contributed by atoms with Crippen LogP contribution >= 0.6 is 0 Å². The van der Waals surface area contributed by atoms with Crippen LogP contribution in [0.2, 0.25) is 0 Å². The van der Waals surface area contributed by atoms with Crippen LogP contribution in [0.4, 0.5) is 0 Å². The van der Waals surface area contributed by atoms with Gasteiger partial charge in [0.05, 0.1) is 23.2 Å². The molecule has 1 heterocycles. The third-order valence-corrected chi connectivity index (χ3v) is 5.52. The van der Waals surface area contributed by atoms with Gasteiger partial charge in [0, 0.05) is 29.8 Å².